The summed E-state index contributed by atoms with van der Waals surface area (Å²) in [4.78, 5) is 25.4. The summed E-state index contributed by atoms with van der Waals surface area (Å²) in [6.45, 7) is 8.65. The van der Waals surface area contributed by atoms with E-state index in [1.165, 1.54) is 42.8 Å². The van der Waals surface area contributed by atoms with Crippen molar-refractivity contribution >= 4 is 30.9 Å². The molecule has 3 aromatic rings. The lowest BCUT2D eigenvalue weighted by atomic mass is 9.80. The van der Waals surface area contributed by atoms with Crippen LogP contribution in [-0.4, -0.2) is 63.2 Å². The van der Waals surface area contributed by atoms with E-state index in [-0.39, 0.29) is 11.4 Å². The lowest BCUT2D eigenvalue weighted by molar-refractivity contribution is -0.168. The van der Waals surface area contributed by atoms with Gasteiger partial charge in [-0.3, -0.25) is 14.1 Å². The number of nitriles is 1. The number of rotatable bonds is 12. The van der Waals surface area contributed by atoms with E-state index in [1.54, 1.807) is 58.0 Å². The topological polar surface area (TPSA) is 197 Å². The highest BCUT2D eigenvalue weighted by Crippen LogP contribution is 2.51. The molecule has 3 heterocycles. The summed E-state index contributed by atoms with van der Waals surface area (Å²) in [6.07, 6.45) is -1.86. The average Bonchev–Trinajstić information content (AvgIpc) is 3.50. The number of ether oxygens (including phenoxy) is 3. The number of hydrogen-bond acceptors (Lipinski definition) is 12. The fourth-order valence-electron chi connectivity index (χ4n) is 4.87. The van der Waals surface area contributed by atoms with Crippen molar-refractivity contribution in [1.82, 2.24) is 14.7 Å². The lowest BCUT2D eigenvalue weighted by Gasteiger charge is -2.34. The first-order chi connectivity index (χ1) is 21.1. The third kappa shape index (κ3) is 6.83. The first-order valence-electron chi connectivity index (χ1n) is 14.4. The van der Waals surface area contributed by atoms with Gasteiger partial charge in [-0.05, 0) is 58.0 Å². The molecule has 1 aliphatic rings. The van der Waals surface area contributed by atoms with Crippen molar-refractivity contribution < 1.29 is 42.5 Å². The predicted octanol–water partition coefficient (Wildman–Crippen LogP) is 3.49. The molecule has 14 nitrogen and oxygen atoms in total. The third-order valence-electron chi connectivity index (χ3n) is 7.19. The highest BCUT2D eigenvalue weighted by Gasteiger charge is 2.67. The Morgan fingerprint density at radius 1 is 1.16 bits per heavy atom. The van der Waals surface area contributed by atoms with Crippen molar-refractivity contribution in [3.8, 4) is 11.8 Å². The van der Waals surface area contributed by atoms with Crippen LogP contribution in [0.4, 0.5) is 5.69 Å². The Bertz CT molecular complexity index is 1620. The van der Waals surface area contributed by atoms with Gasteiger partial charge >= 0.3 is 19.7 Å². The summed E-state index contributed by atoms with van der Waals surface area (Å²) >= 11 is 0. The highest BCUT2D eigenvalue weighted by molar-refractivity contribution is 7.52. The molecule has 0 saturated carbocycles. The number of hydrogen-bond donors (Lipinski definition) is 3. The summed E-state index contributed by atoms with van der Waals surface area (Å²) < 4.78 is 44.2. The molecule has 0 spiro atoms. The molecule has 4 N–H and O–H groups in total. The van der Waals surface area contributed by atoms with Crippen molar-refractivity contribution in [3.63, 3.8) is 0 Å². The smallest absolute Gasteiger partial charge is 0.459 e. The Morgan fingerprint density at radius 3 is 2.47 bits per heavy atom. The number of anilines is 1. The van der Waals surface area contributed by atoms with Gasteiger partial charge in [-0.15, -0.1) is 0 Å². The third-order valence-corrected chi connectivity index (χ3v) is 8.83. The number of aliphatic hydroxyl groups is 1. The van der Waals surface area contributed by atoms with E-state index in [9.17, 15) is 24.5 Å². The summed E-state index contributed by atoms with van der Waals surface area (Å²) in [7, 11) is -4.39. The van der Waals surface area contributed by atoms with Gasteiger partial charge in [0.05, 0.1) is 35.5 Å². The minimum absolute atomic E-state index is 0.109. The van der Waals surface area contributed by atoms with Crippen LogP contribution < -0.4 is 15.3 Å². The Balaban J connectivity index is 1.72. The number of nitrogens with zero attached hydrogens (tertiary/aromatic N) is 3. The molecular weight excluding hydrogens is 605 g/mol. The molecular formula is C30H38N5O9P. The normalized spacial score (nSPS) is 25.1. The molecule has 1 fully saturated rings. The van der Waals surface area contributed by atoms with E-state index in [1.807, 2.05) is 6.07 Å². The lowest BCUT2D eigenvalue weighted by Crippen LogP contribution is -2.54. The van der Waals surface area contributed by atoms with Crippen LogP contribution in [0.3, 0.4) is 0 Å². The summed E-state index contributed by atoms with van der Waals surface area (Å²) in [5, 5.41) is 29.4. The maximum atomic E-state index is 14.1. The molecule has 0 unspecified atom stereocenters. The number of esters is 2. The molecule has 0 aliphatic carbocycles. The van der Waals surface area contributed by atoms with Gasteiger partial charge in [-0.2, -0.15) is 15.4 Å². The second-order valence-electron chi connectivity index (χ2n) is 11.4. The zero-order chi connectivity index (χ0) is 33.2. The summed E-state index contributed by atoms with van der Waals surface area (Å²) in [5.74, 6) is -1.83. The molecule has 4 rings (SSSR count). The minimum Gasteiger partial charge on any atom is -0.462 e. The molecule has 0 bridgehead atoms. The molecule has 45 heavy (non-hydrogen) atoms. The van der Waals surface area contributed by atoms with Crippen molar-refractivity contribution in [1.29, 1.82) is 5.26 Å². The molecule has 0 amide bonds. The monoisotopic (exact) mass is 643 g/mol. The predicted molar refractivity (Wildman–Crippen MR) is 162 cm³/mol. The average molecular weight is 644 g/mol. The molecule has 0 radical (unpaired) electrons. The van der Waals surface area contributed by atoms with Crippen LogP contribution in [-0.2, 0) is 38.5 Å². The van der Waals surface area contributed by atoms with Crippen LogP contribution in [0.2, 0.25) is 0 Å². The summed E-state index contributed by atoms with van der Waals surface area (Å²) in [5.41, 5.74) is 2.67. The molecule has 1 aromatic carbocycles. The highest BCUT2D eigenvalue weighted by atomic mass is 31.2. The zero-order valence-electron chi connectivity index (χ0n) is 25.9. The van der Waals surface area contributed by atoms with Gasteiger partial charge in [0.15, 0.2) is 6.10 Å². The van der Waals surface area contributed by atoms with Gasteiger partial charge in [-0.25, -0.2) is 9.08 Å². The summed E-state index contributed by atoms with van der Waals surface area (Å²) in [6, 6.07) is 13.7. The number of nitrogens with two attached hydrogens (primary N) is 1. The number of nitrogens with one attached hydrogen (secondary N) is 1. The van der Waals surface area contributed by atoms with Crippen LogP contribution >= 0.6 is 7.75 Å². The Hall–Kier alpha value is -3.99. The molecule has 15 heteroatoms. The largest absolute Gasteiger partial charge is 0.462 e. The number of aromatic nitrogens is 2. The first-order valence-corrected chi connectivity index (χ1v) is 15.9. The van der Waals surface area contributed by atoms with Crippen LogP contribution in [0.25, 0.3) is 5.52 Å². The zero-order valence-corrected chi connectivity index (χ0v) is 26.8. The van der Waals surface area contributed by atoms with Gasteiger partial charge in [0.1, 0.15) is 29.6 Å². The number of carbonyl (C=O) groups excluding carboxylic acids is 2. The standard InChI is InChI=1S/C30H38N5O9P/c1-18(2)27(36)42-26-24(43-30(17-31,29(26,6)38)25-13-12-23-22(32)14-15-33-35(23)25)16-40-45(39,44-21-10-8-7-9-11-21)34-20(5)28(37)41-19(3)4/h7-15,18-20,24,26,38H,16,32H2,1-6H3,(H,34,39)/t20-,24+,26+,29+,30-,45-/m0/s1. The van der Waals surface area contributed by atoms with Crippen molar-refractivity contribution in [2.75, 3.05) is 12.3 Å². The van der Waals surface area contributed by atoms with Gasteiger partial charge in [0.2, 0.25) is 5.60 Å². The second kappa shape index (κ2) is 13.2. The van der Waals surface area contributed by atoms with E-state index in [0.29, 0.717) is 11.2 Å². The van der Waals surface area contributed by atoms with Crippen molar-refractivity contribution in [2.45, 2.75) is 77.1 Å². The van der Waals surface area contributed by atoms with Gasteiger partial charge in [-0.1, -0.05) is 32.0 Å². The molecule has 242 valence electrons. The van der Waals surface area contributed by atoms with Crippen molar-refractivity contribution in [3.05, 3.63) is 60.4 Å². The van der Waals surface area contributed by atoms with Gasteiger partial charge in [0.25, 0.3) is 0 Å². The Kier molecular flexibility index (Phi) is 9.91. The van der Waals surface area contributed by atoms with Gasteiger partial charge in [0, 0.05) is 6.20 Å². The first kappa shape index (κ1) is 33.9. The molecule has 2 aromatic heterocycles. The Labute approximate surface area is 260 Å². The maximum absolute atomic E-state index is 14.1. The van der Waals surface area contributed by atoms with Crippen LogP contribution in [0.5, 0.6) is 5.75 Å². The van der Waals surface area contributed by atoms with Crippen LogP contribution in [0, 0.1) is 17.2 Å². The number of carbonyl (C=O) groups is 2. The number of nitrogen functional groups attached to an aromatic ring is 1. The molecule has 1 saturated heterocycles. The number of para-hydroxylation sites is 1. The van der Waals surface area contributed by atoms with E-state index in [4.69, 9.17) is 29.0 Å². The Morgan fingerprint density at radius 2 is 1.84 bits per heavy atom. The van der Waals surface area contributed by atoms with Crippen LogP contribution in [0.1, 0.15) is 47.2 Å². The van der Waals surface area contributed by atoms with Crippen LogP contribution in [0.15, 0.2) is 54.7 Å². The fourth-order valence-corrected chi connectivity index (χ4v) is 6.37. The number of fused-ring (bicyclic) bond motifs is 1. The van der Waals surface area contributed by atoms with E-state index >= 15 is 0 Å². The van der Waals surface area contributed by atoms with E-state index in [2.05, 4.69) is 10.2 Å². The van der Waals surface area contributed by atoms with Gasteiger partial charge < -0.3 is 29.6 Å². The molecule has 1 aliphatic heterocycles. The second-order valence-corrected chi connectivity index (χ2v) is 13.1. The van der Waals surface area contributed by atoms with E-state index < -0.39 is 67.8 Å². The quantitative estimate of drug-likeness (QED) is 0.192. The molecule has 6 atom stereocenters. The maximum Gasteiger partial charge on any atom is 0.459 e. The number of benzene rings is 1. The van der Waals surface area contributed by atoms with E-state index in [0.717, 1.165) is 0 Å². The SMILES string of the molecule is CC(C)OC(=O)[C@H](C)N[P@](=O)(OC[C@H]1O[C@@](C#N)(c2ccc3c(N)ccnn23)[C@](C)(O)[C@@H]1OC(=O)C(C)C)Oc1ccccc1. The fraction of sp³-hybridized carbons (Fsp3) is 0.467. The van der Waals surface area contributed by atoms with Crippen molar-refractivity contribution in [2.24, 2.45) is 5.92 Å². The minimum atomic E-state index is -4.39.